The van der Waals surface area contributed by atoms with Crippen molar-refractivity contribution in [3.8, 4) is 11.5 Å². The first kappa shape index (κ1) is 17.0. The van der Waals surface area contributed by atoms with Crippen LogP contribution in [0.2, 0.25) is 5.02 Å². The monoisotopic (exact) mass is 355 g/mol. The molecule has 0 amide bonds. The third-order valence-electron chi connectivity index (χ3n) is 3.59. The van der Waals surface area contributed by atoms with Gasteiger partial charge >= 0.3 is 0 Å². The van der Waals surface area contributed by atoms with Crippen LogP contribution >= 0.6 is 11.6 Å². The zero-order valence-corrected chi connectivity index (χ0v) is 14.5. The highest BCUT2D eigenvalue weighted by Crippen LogP contribution is 2.29. The van der Waals surface area contributed by atoms with Gasteiger partial charge in [0.05, 0.1) is 12.1 Å². The normalized spacial score (nSPS) is 10.3. The van der Waals surface area contributed by atoms with Gasteiger partial charge in [0.15, 0.2) is 11.5 Å². The Morgan fingerprint density at radius 2 is 2.00 bits per heavy atom. The number of aromatic nitrogens is 2. The molecule has 0 fully saturated rings. The van der Waals surface area contributed by atoms with Gasteiger partial charge in [0.1, 0.15) is 12.4 Å². The van der Waals surface area contributed by atoms with Gasteiger partial charge in [-0.2, -0.15) is 0 Å². The molecule has 0 atom stereocenters. The van der Waals surface area contributed by atoms with E-state index < -0.39 is 0 Å². The zero-order valence-electron chi connectivity index (χ0n) is 13.8. The fourth-order valence-electron chi connectivity index (χ4n) is 2.27. The molecule has 0 saturated carbocycles. The third-order valence-corrected chi connectivity index (χ3v) is 3.96. The van der Waals surface area contributed by atoms with E-state index in [9.17, 15) is 0 Å². The Morgan fingerprint density at radius 1 is 1.08 bits per heavy atom. The Balaban J connectivity index is 1.66. The zero-order chi connectivity index (χ0) is 17.5. The number of hydrogen-bond acceptors (Lipinski definition) is 5. The predicted octanol–water partition coefficient (Wildman–Crippen LogP) is 4.33. The van der Waals surface area contributed by atoms with E-state index in [2.05, 4.69) is 15.3 Å². The topological polar surface area (TPSA) is 56.3 Å². The van der Waals surface area contributed by atoms with Crippen LogP contribution in [0.25, 0.3) is 0 Å². The highest BCUT2D eigenvalue weighted by Gasteiger charge is 2.08. The van der Waals surface area contributed by atoms with Gasteiger partial charge in [-0.25, -0.2) is 4.98 Å². The smallest absolute Gasteiger partial charge is 0.161 e. The van der Waals surface area contributed by atoms with Crippen LogP contribution in [0.15, 0.2) is 61.1 Å². The van der Waals surface area contributed by atoms with Crippen LogP contribution in [-0.2, 0) is 13.2 Å². The molecule has 2 heterocycles. The molecule has 25 heavy (non-hydrogen) atoms. The number of hydrogen-bond donors (Lipinski definition) is 1. The quantitative estimate of drug-likeness (QED) is 0.683. The Labute approximate surface area is 151 Å². The molecule has 0 radical (unpaired) electrons. The van der Waals surface area contributed by atoms with Gasteiger partial charge in [0.2, 0.25) is 0 Å². The molecule has 3 rings (SSSR count). The summed E-state index contributed by atoms with van der Waals surface area (Å²) in [6.07, 6.45) is 5.10. The van der Waals surface area contributed by atoms with Gasteiger partial charge in [0.25, 0.3) is 0 Å². The van der Waals surface area contributed by atoms with E-state index in [0.717, 1.165) is 16.9 Å². The van der Waals surface area contributed by atoms with E-state index in [1.807, 2.05) is 36.4 Å². The fraction of sp³-hybridized carbons (Fsp3) is 0.158. The molecular weight excluding hydrogens is 338 g/mol. The number of pyridine rings is 2. The maximum atomic E-state index is 6.12. The van der Waals surface area contributed by atoms with E-state index in [1.165, 1.54) is 0 Å². The summed E-state index contributed by atoms with van der Waals surface area (Å²) >= 11 is 6.12. The lowest BCUT2D eigenvalue weighted by molar-refractivity contribution is 0.284. The highest BCUT2D eigenvalue weighted by molar-refractivity contribution is 6.31. The van der Waals surface area contributed by atoms with Crippen molar-refractivity contribution < 1.29 is 9.47 Å². The number of benzene rings is 1. The molecular formula is C19H18ClN3O2. The third kappa shape index (κ3) is 4.61. The molecule has 1 aromatic carbocycles. The van der Waals surface area contributed by atoms with Crippen LogP contribution < -0.4 is 14.8 Å². The molecule has 3 aromatic rings. The summed E-state index contributed by atoms with van der Waals surface area (Å²) in [6, 6.07) is 13.3. The minimum atomic E-state index is 0.328. The van der Waals surface area contributed by atoms with Gasteiger partial charge in [-0.05, 0) is 35.9 Å². The number of methoxy groups -OCH3 is 1. The summed E-state index contributed by atoms with van der Waals surface area (Å²) in [4.78, 5) is 8.30. The molecule has 0 aliphatic rings. The second-order valence-corrected chi connectivity index (χ2v) is 5.72. The van der Waals surface area contributed by atoms with Crippen molar-refractivity contribution in [2.75, 3.05) is 12.4 Å². The number of nitrogens with one attached hydrogen (secondary N) is 1. The largest absolute Gasteiger partial charge is 0.493 e. The molecule has 1 N–H and O–H groups in total. The molecule has 0 aliphatic heterocycles. The summed E-state index contributed by atoms with van der Waals surface area (Å²) in [5.74, 6) is 2.15. The number of nitrogens with zero attached hydrogens (tertiary/aromatic N) is 2. The van der Waals surface area contributed by atoms with Crippen molar-refractivity contribution in [2.45, 2.75) is 13.2 Å². The summed E-state index contributed by atoms with van der Waals surface area (Å²) in [6.45, 7) is 0.969. The summed E-state index contributed by atoms with van der Waals surface area (Å²) in [5, 5.41) is 3.89. The van der Waals surface area contributed by atoms with Crippen LogP contribution in [0.5, 0.6) is 11.5 Å². The first-order chi connectivity index (χ1) is 12.3. The second kappa shape index (κ2) is 8.35. The molecule has 0 aliphatic carbocycles. The Kier molecular flexibility index (Phi) is 5.69. The summed E-state index contributed by atoms with van der Waals surface area (Å²) in [5.41, 5.74) is 1.89. The molecule has 0 saturated heterocycles. The maximum absolute atomic E-state index is 6.12. The summed E-state index contributed by atoms with van der Waals surface area (Å²) < 4.78 is 11.3. The molecule has 0 bridgehead atoms. The van der Waals surface area contributed by atoms with Gasteiger partial charge in [-0.3, -0.25) is 4.98 Å². The van der Waals surface area contributed by atoms with Gasteiger partial charge in [-0.15, -0.1) is 0 Å². The van der Waals surface area contributed by atoms with Crippen molar-refractivity contribution in [1.82, 2.24) is 9.97 Å². The van der Waals surface area contributed by atoms with Gasteiger partial charge < -0.3 is 14.8 Å². The Morgan fingerprint density at radius 3 is 2.76 bits per heavy atom. The molecule has 2 aromatic heterocycles. The standard InChI is InChI=1S/C19H18ClN3O2/c1-24-18-10-14(11-23-19-4-2-3-8-22-19)5-6-17(18)25-13-15-12-21-9-7-16(15)20/h2-10,12H,11,13H2,1H3,(H,22,23). The summed E-state index contributed by atoms with van der Waals surface area (Å²) in [7, 11) is 1.62. The number of anilines is 1. The van der Waals surface area contributed by atoms with Crippen molar-refractivity contribution in [2.24, 2.45) is 0 Å². The lowest BCUT2D eigenvalue weighted by Crippen LogP contribution is -2.03. The maximum Gasteiger partial charge on any atom is 0.161 e. The SMILES string of the molecule is COc1cc(CNc2ccccn2)ccc1OCc1cnccc1Cl. The van der Waals surface area contributed by atoms with Crippen molar-refractivity contribution in [3.63, 3.8) is 0 Å². The minimum Gasteiger partial charge on any atom is -0.493 e. The first-order valence-electron chi connectivity index (χ1n) is 7.79. The van der Waals surface area contributed by atoms with Crippen molar-refractivity contribution in [3.05, 3.63) is 77.2 Å². The van der Waals surface area contributed by atoms with Gasteiger partial charge in [0, 0.05) is 30.7 Å². The van der Waals surface area contributed by atoms with Crippen LogP contribution in [-0.4, -0.2) is 17.1 Å². The van der Waals surface area contributed by atoms with Gasteiger partial charge in [-0.1, -0.05) is 23.7 Å². The molecule has 5 nitrogen and oxygen atoms in total. The lowest BCUT2D eigenvalue weighted by atomic mass is 10.2. The van der Waals surface area contributed by atoms with Crippen LogP contribution in [0, 0.1) is 0 Å². The van der Waals surface area contributed by atoms with Crippen molar-refractivity contribution in [1.29, 1.82) is 0 Å². The fourth-order valence-corrected chi connectivity index (χ4v) is 2.43. The predicted molar refractivity (Wildman–Crippen MR) is 98.1 cm³/mol. The molecule has 0 spiro atoms. The average Bonchev–Trinajstić information content (AvgIpc) is 2.67. The van der Waals surface area contributed by atoms with E-state index in [-0.39, 0.29) is 0 Å². The number of ether oxygens (including phenoxy) is 2. The lowest BCUT2D eigenvalue weighted by Gasteiger charge is -2.13. The number of halogens is 1. The van der Waals surface area contributed by atoms with Crippen LogP contribution in [0.3, 0.4) is 0 Å². The van der Waals surface area contributed by atoms with E-state index in [1.54, 1.807) is 31.8 Å². The van der Waals surface area contributed by atoms with E-state index >= 15 is 0 Å². The minimum absolute atomic E-state index is 0.328. The second-order valence-electron chi connectivity index (χ2n) is 5.31. The molecule has 128 valence electrons. The average molecular weight is 356 g/mol. The van der Waals surface area contributed by atoms with E-state index in [4.69, 9.17) is 21.1 Å². The van der Waals surface area contributed by atoms with Crippen LogP contribution in [0.1, 0.15) is 11.1 Å². The molecule has 0 unspecified atom stereocenters. The number of rotatable bonds is 7. The first-order valence-corrected chi connectivity index (χ1v) is 8.17. The van der Waals surface area contributed by atoms with E-state index in [0.29, 0.717) is 29.7 Å². The Bertz CT molecular complexity index is 828. The van der Waals surface area contributed by atoms with Crippen molar-refractivity contribution >= 4 is 17.4 Å². The molecule has 6 heteroatoms. The highest BCUT2D eigenvalue weighted by atomic mass is 35.5. The van der Waals surface area contributed by atoms with Crippen LogP contribution in [0.4, 0.5) is 5.82 Å². The Hall–Kier alpha value is -2.79.